The van der Waals surface area contributed by atoms with Crippen molar-refractivity contribution in [2.24, 2.45) is 0 Å². The Labute approximate surface area is 85.4 Å². The van der Waals surface area contributed by atoms with Crippen LogP contribution in [0.3, 0.4) is 0 Å². The first-order valence-electron chi connectivity index (χ1n) is 4.82. The SMILES string of the molecule is O=C(O)c1ncnc2c1ccn2C1CC1. The molecule has 0 bridgehead atoms. The van der Waals surface area contributed by atoms with Gasteiger partial charge >= 0.3 is 5.97 Å². The van der Waals surface area contributed by atoms with Gasteiger partial charge in [-0.3, -0.25) is 0 Å². The number of carbonyl (C=O) groups is 1. The highest BCUT2D eigenvalue weighted by atomic mass is 16.4. The van der Waals surface area contributed by atoms with Gasteiger partial charge in [-0.15, -0.1) is 0 Å². The van der Waals surface area contributed by atoms with Gasteiger partial charge in [-0.1, -0.05) is 0 Å². The minimum absolute atomic E-state index is 0.0828. The number of hydrogen-bond acceptors (Lipinski definition) is 3. The Bertz CT molecular complexity index is 543. The van der Waals surface area contributed by atoms with E-state index in [1.54, 1.807) is 6.07 Å². The number of carboxylic acid groups (broad SMARTS) is 1. The number of rotatable bonds is 2. The van der Waals surface area contributed by atoms with Crippen LogP contribution in [0.15, 0.2) is 18.6 Å². The lowest BCUT2D eigenvalue weighted by Gasteiger charge is -2.01. The van der Waals surface area contributed by atoms with E-state index >= 15 is 0 Å². The van der Waals surface area contributed by atoms with Crippen LogP contribution in [0.1, 0.15) is 29.4 Å². The van der Waals surface area contributed by atoms with Crippen LogP contribution >= 0.6 is 0 Å². The van der Waals surface area contributed by atoms with Crippen molar-refractivity contribution in [3.63, 3.8) is 0 Å². The Morgan fingerprint density at radius 2 is 2.27 bits per heavy atom. The summed E-state index contributed by atoms with van der Waals surface area (Å²) in [6, 6.07) is 2.27. The summed E-state index contributed by atoms with van der Waals surface area (Å²) in [5.74, 6) is -1.00. The summed E-state index contributed by atoms with van der Waals surface area (Å²) in [5, 5.41) is 9.57. The maximum absolute atomic E-state index is 10.9. The summed E-state index contributed by atoms with van der Waals surface area (Å²) >= 11 is 0. The molecule has 0 atom stereocenters. The topological polar surface area (TPSA) is 68.0 Å². The molecule has 15 heavy (non-hydrogen) atoms. The molecule has 0 radical (unpaired) electrons. The zero-order valence-electron chi connectivity index (χ0n) is 7.92. The van der Waals surface area contributed by atoms with Crippen LogP contribution in [-0.2, 0) is 0 Å². The van der Waals surface area contributed by atoms with Gasteiger partial charge in [-0.25, -0.2) is 14.8 Å². The van der Waals surface area contributed by atoms with Crippen LogP contribution in [0.4, 0.5) is 0 Å². The summed E-state index contributed by atoms with van der Waals surface area (Å²) < 4.78 is 2.03. The third-order valence-electron chi connectivity index (χ3n) is 2.65. The monoisotopic (exact) mass is 203 g/mol. The van der Waals surface area contributed by atoms with Gasteiger partial charge in [0.25, 0.3) is 0 Å². The summed E-state index contributed by atoms with van der Waals surface area (Å²) in [7, 11) is 0. The second kappa shape index (κ2) is 2.79. The molecule has 5 nitrogen and oxygen atoms in total. The van der Waals surface area contributed by atoms with Crippen LogP contribution in [0.25, 0.3) is 11.0 Å². The predicted molar refractivity (Wildman–Crippen MR) is 52.8 cm³/mol. The van der Waals surface area contributed by atoms with Crippen molar-refractivity contribution in [1.82, 2.24) is 14.5 Å². The molecule has 1 fully saturated rings. The molecule has 1 N–H and O–H groups in total. The van der Waals surface area contributed by atoms with E-state index in [9.17, 15) is 4.79 Å². The Kier molecular flexibility index (Phi) is 1.56. The molecule has 76 valence electrons. The Morgan fingerprint density at radius 1 is 1.47 bits per heavy atom. The fourth-order valence-electron chi connectivity index (χ4n) is 1.79. The highest BCUT2D eigenvalue weighted by molar-refractivity contribution is 5.99. The van der Waals surface area contributed by atoms with Crippen molar-refractivity contribution >= 4 is 17.0 Å². The molecular weight excluding hydrogens is 194 g/mol. The van der Waals surface area contributed by atoms with Crippen LogP contribution in [-0.4, -0.2) is 25.6 Å². The molecule has 2 aromatic heterocycles. The highest BCUT2D eigenvalue weighted by Crippen LogP contribution is 2.37. The molecule has 1 aliphatic rings. The van der Waals surface area contributed by atoms with Crippen LogP contribution < -0.4 is 0 Å². The number of carboxylic acids is 1. The second-order valence-corrected chi connectivity index (χ2v) is 3.72. The third-order valence-corrected chi connectivity index (χ3v) is 2.65. The van der Waals surface area contributed by atoms with Crippen molar-refractivity contribution in [2.45, 2.75) is 18.9 Å². The van der Waals surface area contributed by atoms with Crippen molar-refractivity contribution < 1.29 is 9.90 Å². The van der Waals surface area contributed by atoms with E-state index in [0.29, 0.717) is 11.4 Å². The average Bonchev–Trinajstić information content (AvgIpc) is 2.97. The summed E-state index contributed by atoms with van der Waals surface area (Å²) in [4.78, 5) is 18.8. The van der Waals surface area contributed by atoms with Crippen molar-refractivity contribution in [2.75, 3.05) is 0 Å². The molecule has 1 saturated carbocycles. The molecule has 0 aromatic carbocycles. The molecule has 0 amide bonds. The molecular formula is C10H9N3O2. The number of aromatic nitrogens is 3. The van der Waals surface area contributed by atoms with Gasteiger partial charge in [-0.2, -0.15) is 0 Å². The van der Waals surface area contributed by atoms with Crippen LogP contribution in [0, 0.1) is 0 Å². The van der Waals surface area contributed by atoms with Gasteiger partial charge in [0.1, 0.15) is 12.0 Å². The smallest absolute Gasteiger partial charge is 0.355 e. The first-order valence-corrected chi connectivity index (χ1v) is 4.82. The van der Waals surface area contributed by atoms with Crippen LogP contribution in [0.5, 0.6) is 0 Å². The van der Waals surface area contributed by atoms with E-state index in [1.165, 1.54) is 6.33 Å². The largest absolute Gasteiger partial charge is 0.476 e. The lowest BCUT2D eigenvalue weighted by atomic mass is 10.3. The molecule has 0 spiro atoms. The van der Waals surface area contributed by atoms with Gasteiger partial charge in [-0.05, 0) is 18.9 Å². The number of hydrogen-bond donors (Lipinski definition) is 1. The Balaban J connectivity index is 2.27. The van der Waals surface area contributed by atoms with Gasteiger partial charge < -0.3 is 9.67 Å². The Morgan fingerprint density at radius 3 is 2.93 bits per heavy atom. The molecule has 1 aliphatic carbocycles. The molecule has 3 rings (SSSR count). The van der Waals surface area contributed by atoms with Gasteiger partial charge in [0.15, 0.2) is 5.69 Å². The molecule has 0 aliphatic heterocycles. The average molecular weight is 203 g/mol. The first-order chi connectivity index (χ1) is 7.27. The van der Waals surface area contributed by atoms with Gasteiger partial charge in [0.2, 0.25) is 0 Å². The fraction of sp³-hybridized carbons (Fsp3) is 0.300. The highest BCUT2D eigenvalue weighted by Gasteiger charge is 2.26. The minimum Gasteiger partial charge on any atom is -0.476 e. The van der Waals surface area contributed by atoms with Crippen molar-refractivity contribution in [3.05, 3.63) is 24.3 Å². The summed E-state index contributed by atoms with van der Waals surface area (Å²) in [5.41, 5.74) is 0.810. The number of fused-ring (bicyclic) bond motifs is 1. The normalized spacial score (nSPS) is 15.7. The maximum atomic E-state index is 10.9. The summed E-state index contributed by atoms with van der Waals surface area (Å²) in [6.07, 6.45) is 5.50. The molecule has 2 aromatic rings. The minimum atomic E-state index is -1.00. The predicted octanol–water partition coefficient (Wildman–Crippen LogP) is 1.46. The van der Waals surface area contributed by atoms with Crippen molar-refractivity contribution in [3.8, 4) is 0 Å². The molecule has 0 saturated heterocycles. The zero-order valence-corrected chi connectivity index (χ0v) is 7.92. The Hall–Kier alpha value is -1.91. The quantitative estimate of drug-likeness (QED) is 0.802. The molecule has 5 heteroatoms. The van der Waals surface area contributed by atoms with E-state index in [2.05, 4.69) is 9.97 Å². The molecule has 2 heterocycles. The standard InChI is InChI=1S/C10H9N3O2/c14-10(15)8-7-3-4-13(6-1-2-6)9(7)12-5-11-8/h3-6H,1-2H2,(H,14,15). The molecule has 0 unspecified atom stereocenters. The number of nitrogens with zero attached hydrogens (tertiary/aromatic N) is 3. The zero-order chi connectivity index (χ0) is 10.4. The first kappa shape index (κ1) is 8.40. The van der Waals surface area contributed by atoms with E-state index in [4.69, 9.17) is 5.11 Å². The third kappa shape index (κ3) is 1.20. The van der Waals surface area contributed by atoms with E-state index in [0.717, 1.165) is 18.5 Å². The summed E-state index contributed by atoms with van der Waals surface area (Å²) in [6.45, 7) is 0. The number of aromatic carboxylic acids is 1. The second-order valence-electron chi connectivity index (χ2n) is 3.72. The van der Waals surface area contributed by atoms with Gasteiger partial charge in [0.05, 0.1) is 5.39 Å². The van der Waals surface area contributed by atoms with E-state index in [-0.39, 0.29) is 5.69 Å². The van der Waals surface area contributed by atoms with Crippen LogP contribution in [0.2, 0.25) is 0 Å². The van der Waals surface area contributed by atoms with E-state index < -0.39 is 5.97 Å². The fourth-order valence-corrected chi connectivity index (χ4v) is 1.79. The lowest BCUT2D eigenvalue weighted by molar-refractivity contribution is 0.0692. The maximum Gasteiger partial charge on any atom is 0.355 e. The van der Waals surface area contributed by atoms with Gasteiger partial charge in [0, 0.05) is 12.2 Å². The van der Waals surface area contributed by atoms with E-state index in [1.807, 2.05) is 10.8 Å². The lowest BCUT2D eigenvalue weighted by Crippen LogP contribution is -2.02. The van der Waals surface area contributed by atoms with Crippen molar-refractivity contribution in [1.29, 1.82) is 0 Å².